The lowest BCUT2D eigenvalue weighted by Gasteiger charge is -2.22. The Bertz CT molecular complexity index is 799. The van der Waals surface area contributed by atoms with E-state index in [0.29, 0.717) is 23.3 Å². The maximum Gasteiger partial charge on any atom is 0.204 e. The van der Waals surface area contributed by atoms with Gasteiger partial charge in [0.25, 0.3) is 0 Å². The summed E-state index contributed by atoms with van der Waals surface area (Å²) in [6, 6.07) is 4.66. The van der Waals surface area contributed by atoms with Gasteiger partial charge in [-0.05, 0) is 18.9 Å². The van der Waals surface area contributed by atoms with Crippen molar-refractivity contribution in [1.82, 2.24) is 10.3 Å². The first-order chi connectivity index (χ1) is 13.6. The fraction of sp³-hybridized carbons (Fsp3) is 0.591. The molecule has 1 aromatic carbocycles. The van der Waals surface area contributed by atoms with Crippen LogP contribution in [0, 0.1) is 0 Å². The molecule has 154 valence electrons. The van der Waals surface area contributed by atoms with Gasteiger partial charge in [0, 0.05) is 43.7 Å². The largest absolute Gasteiger partial charge is 0.493 e. The molecule has 0 aliphatic heterocycles. The van der Waals surface area contributed by atoms with E-state index < -0.39 is 0 Å². The molecule has 1 saturated carbocycles. The lowest BCUT2D eigenvalue weighted by Crippen LogP contribution is -2.29. The molecular formula is C22H33N3O3. The van der Waals surface area contributed by atoms with E-state index in [1.807, 2.05) is 20.2 Å². The van der Waals surface area contributed by atoms with Crippen molar-refractivity contribution in [3.63, 3.8) is 0 Å². The smallest absolute Gasteiger partial charge is 0.204 e. The highest BCUT2D eigenvalue weighted by Crippen LogP contribution is 2.43. The van der Waals surface area contributed by atoms with E-state index in [0.717, 1.165) is 28.8 Å². The molecule has 1 fully saturated rings. The Morgan fingerprint density at radius 2 is 1.64 bits per heavy atom. The number of ether oxygens (including phenoxy) is 3. The molecule has 0 amide bonds. The van der Waals surface area contributed by atoms with E-state index in [9.17, 15) is 0 Å². The molecule has 1 aliphatic rings. The Labute approximate surface area is 168 Å². The number of pyridine rings is 1. The van der Waals surface area contributed by atoms with Gasteiger partial charge in [-0.3, -0.25) is 0 Å². The van der Waals surface area contributed by atoms with Crippen LogP contribution in [-0.4, -0.2) is 46.5 Å². The van der Waals surface area contributed by atoms with Crippen LogP contribution in [0.25, 0.3) is 10.9 Å². The molecule has 1 aromatic heterocycles. The van der Waals surface area contributed by atoms with Crippen molar-refractivity contribution in [3.8, 4) is 17.2 Å². The van der Waals surface area contributed by atoms with Crippen LogP contribution in [0.3, 0.4) is 0 Å². The molecule has 0 atom stereocenters. The van der Waals surface area contributed by atoms with Crippen molar-refractivity contribution in [2.75, 3.05) is 40.3 Å². The van der Waals surface area contributed by atoms with Gasteiger partial charge in [-0.25, -0.2) is 4.98 Å². The van der Waals surface area contributed by atoms with E-state index >= 15 is 0 Å². The summed E-state index contributed by atoms with van der Waals surface area (Å²) in [5.74, 6) is 2.83. The van der Waals surface area contributed by atoms with E-state index in [2.05, 4.69) is 16.3 Å². The predicted molar refractivity (Wildman–Crippen MR) is 114 cm³/mol. The summed E-state index contributed by atoms with van der Waals surface area (Å²) in [4.78, 5) is 6.98. The number of hydrogen-bond donors (Lipinski definition) is 1. The normalized spacial score (nSPS) is 15.3. The fourth-order valence-corrected chi connectivity index (χ4v) is 4.08. The lowest BCUT2D eigenvalue weighted by atomic mass is 10.1. The Hall–Kier alpha value is -2.21. The summed E-state index contributed by atoms with van der Waals surface area (Å²) >= 11 is 0. The van der Waals surface area contributed by atoms with Crippen LogP contribution >= 0.6 is 0 Å². The van der Waals surface area contributed by atoms with Crippen LogP contribution in [0.5, 0.6) is 17.2 Å². The Morgan fingerprint density at radius 3 is 2.21 bits per heavy atom. The maximum atomic E-state index is 5.68. The maximum absolute atomic E-state index is 5.68. The highest BCUT2D eigenvalue weighted by atomic mass is 16.5. The highest BCUT2D eigenvalue weighted by Gasteiger charge is 2.20. The lowest BCUT2D eigenvalue weighted by molar-refractivity contribution is 0.327. The highest BCUT2D eigenvalue weighted by molar-refractivity contribution is 5.92. The van der Waals surface area contributed by atoms with Crippen molar-refractivity contribution >= 4 is 16.7 Å². The molecule has 6 nitrogen and oxygen atoms in total. The summed E-state index contributed by atoms with van der Waals surface area (Å²) in [5.41, 5.74) is 1.99. The van der Waals surface area contributed by atoms with Gasteiger partial charge >= 0.3 is 0 Å². The molecule has 0 spiro atoms. The van der Waals surface area contributed by atoms with E-state index in [1.165, 1.54) is 38.5 Å². The van der Waals surface area contributed by atoms with Gasteiger partial charge < -0.3 is 24.4 Å². The zero-order valence-electron chi connectivity index (χ0n) is 17.8. The zero-order valence-corrected chi connectivity index (χ0v) is 17.8. The van der Waals surface area contributed by atoms with E-state index in [-0.39, 0.29) is 0 Å². The Morgan fingerprint density at radius 1 is 0.964 bits per heavy atom. The predicted octanol–water partition coefficient (Wildman–Crippen LogP) is 4.14. The topological polar surface area (TPSA) is 55.9 Å². The van der Waals surface area contributed by atoms with Gasteiger partial charge in [0.15, 0.2) is 11.5 Å². The molecule has 1 N–H and O–H groups in total. The number of benzene rings is 1. The van der Waals surface area contributed by atoms with Crippen LogP contribution in [0.1, 0.15) is 44.1 Å². The number of aromatic nitrogens is 1. The average molecular weight is 388 g/mol. The van der Waals surface area contributed by atoms with Gasteiger partial charge in [-0.2, -0.15) is 0 Å². The minimum Gasteiger partial charge on any atom is -0.493 e. The van der Waals surface area contributed by atoms with Crippen LogP contribution in [0.15, 0.2) is 12.1 Å². The van der Waals surface area contributed by atoms with Gasteiger partial charge in [0.2, 0.25) is 5.75 Å². The van der Waals surface area contributed by atoms with Crippen molar-refractivity contribution in [3.05, 3.63) is 17.7 Å². The molecule has 3 rings (SSSR count). The minimum absolute atomic E-state index is 0.584. The molecule has 0 saturated heterocycles. The number of methoxy groups -OCH3 is 3. The summed E-state index contributed by atoms with van der Waals surface area (Å²) in [6.07, 6.45) is 7.87. The summed E-state index contributed by atoms with van der Waals surface area (Å²) in [7, 11) is 8.96. The molecule has 0 unspecified atom stereocenters. The van der Waals surface area contributed by atoms with Crippen molar-refractivity contribution in [2.45, 2.75) is 51.1 Å². The first-order valence-corrected chi connectivity index (χ1v) is 10.1. The number of anilines is 1. The van der Waals surface area contributed by atoms with Crippen LogP contribution in [0.2, 0.25) is 0 Å². The number of rotatable bonds is 7. The fourth-order valence-electron chi connectivity index (χ4n) is 4.08. The molecule has 1 aliphatic carbocycles. The second-order valence-corrected chi connectivity index (χ2v) is 7.65. The third-order valence-corrected chi connectivity index (χ3v) is 5.54. The molecule has 1 heterocycles. The molecule has 0 bridgehead atoms. The Kier molecular flexibility index (Phi) is 6.83. The second-order valence-electron chi connectivity index (χ2n) is 7.65. The minimum atomic E-state index is 0.584. The third-order valence-electron chi connectivity index (χ3n) is 5.54. The first kappa shape index (κ1) is 20.5. The monoisotopic (exact) mass is 387 g/mol. The zero-order chi connectivity index (χ0) is 20.1. The number of hydrogen-bond acceptors (Lipinski definition) is 6. The molecular weight excluding hydrogens is 354 g/mol. The first-order valence-electron chi connectivity index (χ1n) is 10.1. The summed E-state index contributed by atoms with van der Waals surface area (Å²) in [6.45, 7) is 0.790. The molecule has 2 aromatic rings. The molecule has 28 heavy (non-hydrogen) atoms. The standard InChI is InChI=1S/C22H33N3O3/c1-25(2)22-15(14-23-16-10-8-6-7-9-11-16)12-17-18(24-22)13-19(26-3)21(28-5)20(17)27-4/h12-13,16,23H,6-11,14H2,1-5H3. The summed E-state index contributed by atoms with van der Waals surface area (Å²) < 4.78 is 16.7. The van der Waals surface area contributed by atoms with Crippen LogP contribution < -0.4 is 24.4 Å². The van der Waals surface area contributed by atoms with Gasteiger partial charge in [-0.15, -0.1) is 0 Å². The second kappa shape index (κ2) is 9.32. The summed E-state index contributed by atoms with van der Waals surface area (Å²) in [5, 5.41) is 4.70. The van der Waals surface area contributed by atoms with E-state index in [4.69, 9.17) is 19.2 Å². The number of fused-ring (bicyclic) bond motifs is 1. The van der Waals surface area contributed by atoms with Crippen LogP contribution in [-0.2, 0) is 6.54 Å². The molecule has 6 heteroatoms. The van der Waals surface area contributed by atoms with Crippen LogP contribution in [0.4, 0.5) is 5.82 Å². The van der Waals surface area contributed by atoms with Gasteiger partial charge in [0.1, 0.15) is 5.82 Å². The average Bonchev–Trinajstić information content (AvgIpc) is 2.98. The van der Waals surface area contributed by atoms with Crippen molar-refractivity contribution in [2.24, 2.45) is 0 Å². The SMILES string of the molecule is COc1cc2nc(N(C)C)c(CNC3CCCCCC3)cc2c(OC)c1OC. The Balaban J connectivity index is 2.01. The quantitative estimate of drug-likeness (QED) is 0.721. The van der Waals surface area contributed by atoms with Gasteiger partial charge in [0.05, 0.1) is 26.8 Å². The third kappa shape index (κ3) is 4.27. The number of nitrogens with zero attached hydrogens (tertiary/aromatic N) is 2. The van der Waals surface area contributed by atoms with Gasteiger partial charge in [-0.1, -0.05) is 25.7 Å². The molecule has 0 radical (unpaired) electrons. The van der Waals surface area contributed by atoms with Crippen molar-refractivity contribution < 1.29 is 14.2 Å². The van der Waals surface area contributed by atoms with E-state index in [1.54, 1.807) is 21.3 Å². The number of nitrogens with one attached hydrogen (secondary N) is 1. The van der Waals surface area contributed by atoms with Crippen molar-refractivity contribution in [1.29, 1.82) is 0 Å².